The third-order valence-corrected chi connectivity index (χ3v) is 4.09. The lowest BCUT2D eigenvalue weighted by atomic mass is 10.1. The molecule has 1 aliphatic heterocycles. The molecule has 0 spiro atoms. The quantitative estimate of drug-likeness (QED) is 0.475. The Morgan fingerprint density at radius 1 is 1.48 bits per heavy atom. The molecule has 7 nitrogen and oxygen atoms in total. The van der Waals surface area contributed by atoms with Crippen molar-refractivity contribution in [2.24, 2.45) is 5.73 Å². The number of hydrogen-bond acceptors (Lipinski definition) is 6. The number of nitro groups is 1. The Hall–Kier alpha value is -1.25. The average Bonchev–Trinajstić information content (AvgIpc) is 2.48. The third-order valence-electron chi connectivity index (χ3n) is 3.51. The molecule has 0 atom stereocenters. The molecule has 1 aliphatic rings. The number of rotatable bonds is 6. The number of hydrogen-bond donors (Lipinski definition) is 1. The molecule has 21 heavy (non-hydrogen) atoms. The molecule has 0 radical (unpaired) electrons. The van der Waals surface area contributed by atoms with Gasteiger partial charge in [0.05, 0.1) is 15.5 Å². The molecule has 0 aromatic carbocycles. The van der Waals surface area contributed by atoms with Crippen molar-refractivity contribution in [3.63, 3.8) is 0 Å². The van der Waals surface area contributed by atoms with Gasteiger partial charge in [0.2, 0.25) is 0 Å². The number of pyridine rings is 1. The lowest BCUT2D eigenvalue weighted by Crippen LogP contribution is -2.37. The molecule has 0 amide bonds. The molecule has 0 unspecified atom stereocenters. The van der Waals surface area contributed by atoms with Crippen LogP contribution in [0.15, 0.2) is 16.9 Å². The van der Waals surface area contributed by atoms with Gasteiger partial charge in [-0.2, -0.15) is 0 Å². The monoisotopic (exact) mass is 358 g/mol. The van der Waals surface area contributed by atoms with Crippen molar-refractivity contribution in [2.45, 2.75) is 25.4 Å². The fraction of sp³-hybridized carbons (Fsp3) is 0.615. The van der Waals surface area contributed by atoms with Crippen LogP contribution in [0.4, 0.5) is 11.4 Å². The van der Waals surface area contributed by atoms with Gasteiger partial charge in [0.1, 0.15) is 11.9 Å². The normalized spacial score (nSPS) is 16.2. The van der Waals surface area contributed by atoms with Crippen molar-refractivity contribution in [2.75, 3.05) is 31.1 Å². The standard InChI is InChI=1S/C13H19BrN4O3/c14-11-8-16-9-12(18(19)20)13(11)17-5-2-10(3-6-17)21-7-1-4-15/h8-10H,1-7,15H2. The summed E-state index contributed by atoms with van der Waals surface area (Å²) in [6, 6.07) is 0. The molecule has 8 heteroatoms. The Labute approximate surface area is 131 Å². The number of halogens is 1. The number of piperidine rings is 1. The zero-order chi connectivity index (χ0) is 15.2. The second-order valence-electron chi connectivity index (χ2n) is 4.95. The van der Waals surface area contributed by atoms with Crippen LogP contribution in [0.5, 0.6) is 0 Å². The van der Waals surface area contributed by atoms with Crippen molar-refractivity contribution < 1.29 is 9.66 Å². The Balaban J connectivity index is 2.01. The molecule has 1 aromatic rings. The van der Waals surface area contributed by atoms with E-state index in [0.717, 1.165) is 32.4 Å². The fourth-order valence-corrected chi connectivity index (χ4v) is 3.02. The predicted molar refractivity (Wildman–Crippen MR) is 83.4 cm³/mol. The summed E-state index contributed by atoms with van der Waals surface area (Å²) in [5.41, 5.74) is 6.08. The van der Waals surface area contributed by atoms with E-state index in [0.29, 0.717) is 23.3 Å². The van der Waals surface area contributed by atoms with E-state index in [9.17, 15) is 10.1 Å². The number of nitrogens with two attached hydrogens (primary N) is 1. The maximum absolute atomic E-state index is 11.1. The molecule has 0 aliphatic carbocycles. The van der Waals surface area contributed by atoms with E-state index in [-0.39, 0.29) is 11.8 Å². The van der Waals surface area contributed by atoms with Crippen LogP contribution < -0.4 is 10.6 Å². The Bertz CT molecular complexity index is 492. The summed E-state index contributed by atoms with van der Waals surface area (Å²) in [5.74, 6) is 0. The van der Waals surface area contributed by atoms with Crippen LogP contribution in [0.25, 0.3) is 0 Å². The van der Waals surface area contributed by atoms with Crippen molar-refractivity contribution in [3.05, 3.63) is 27.0 Å². The molecule has 2 N–H and O–H groups in total. The molecule has 1 saturated heterocycles. The summed E-state index contributed by atoms with van der Waals surface area (Å²) in [6.45, 7) is 2.78. The minimum Gasteiger partial charge on any atom is -0.378 e. The molecular weight excluding hydrogens is 340 g/mol. The maximum atomic E-state index is 11.1. The minimum atomic E-state index is -0.392. The number of nitrogens with zero attached hydrogens (tertiary/aromatic N) is 3. The third kappa shape index (κ3) is 4.12. The summed E-state index contributed by atoms with van der Waals surface area (Å²) in [4.78, 5) is 16.6. The van der Waals surface area contributed by atoms with Crippen molar-refractivity contribution in [3.8, 4) is 0 Å². The summed E-state index contributed by atoms with van der Waals surface area (Å²) < 4.78 is 6.40. The number of aromatic nitrogens is 1. The van der Waals surface area contributed by atoms with Crippen molar-refractivity contribution in [1.29, 1.82) is 0 Å². The second-order valence-corrected chi connectivity index (χ2v) is 5.80. The number of anilines is 1. The van der Waals surface area contributed by atoms with Crippen LogP contribution in [-0.4, -0.2) is 42.3 Å². The van der Waals surface area contributed by atoms with Gasteiger partial charge in [-0.1, -0.05) is 0 Å². The van der Waals surface area contributed by atoms with E-state index in [1.165, 1.54) is 6.20 Å². The van der Waals surface area contributed by atoms with Gasteiger partial charge in [-0.15, -0.1) is 0 Å². The lowest BCUT2D eigenvalue weighted by Gasteiger charge is -2.33. The van der Waals surface area contributed by atoms with E-state index < -0.39 is 4.92 Å². The average molecular weight is 359 g/mol. The first-order valence-electron chi connectivity index (χ1n) is 6.98. The van der Waals surface area contributed by atoms with Gasteiger partial charge < -0.3 is 15.4 Å². The number of ether oxygens (including phenoxy) is 1. The summed E-state index contributed by atoms with van der Waals surface area (Å²) in [7, 11) is 0. The molecule has 1 fully saturated rings. The fourth-order valence-electron chi connectivity index (χ4n) is 2.44. The summed E-state index contributed by atoms with van der Waals surface area (Å²) in [6.07, 6.45) is 5.68. The van der Waals surface area contributed by atoms with Crippen LogP contribution in [0.2, 0.25) is 0 Å². The van der Waals surface area contributed by atoms with Crippen LogP contribution in [0.1, 0.15) is 19.3 Å². The van der Waals surface area contributed by atoms with E-state index in [2.05, 4.69) is 20.9 Å². The van der Waals surface area contributed by atoms with Crippen LogP contribution >= 0.6 is 15.9 Å². The van der Waals surface area contributed by atoms with Gasteiger partial charge in [0.15, 0.2) is 0 Å². The Morgan fingerprint density at radius 3 is 2.81 bits per heavy atom. The smallest absolute Gasteiger partial charge is 0.311 e. The highest BCUT2D eigenvalue weighted by Gasteiger charge is 2.27. The summed E-state index contributed by atoms with van der Waals surface area (Å²) in [5, 5.41) is 11.1. The first-order valence-corrected chi connectivity index (χ1v) is 7.77. The van der Waals surface area contributed by atoms with E-state index in [1.54, 1.807) is 6.20 Å². The molecule has 0 bridgehead atoms. The van der Waals surface area contributed by atoms with E-state index in [4.69, 9.17) is 10.5 Å². The molecule has 116 valence electrons. The lowest BCUT2D eigenvalue weighted by molar-refractivity contribution is -0.384. The molecular formula is C13H19BrN4O3. The molecule has 2 rings (SSSR count). The van der Waals surface area contributed by atoms with Crippen molar-refractivity contribution in [1.82, 2.24) is 4.98 Å². The predicted octanol–water partition coefficient (Wildman–Crippen LogP) is 2.09. The molecule has 2 heterocycles. The van der Waals surface area contributed by atoms with Crippen LogP contribution in [0.3, 0.4) is 0 Å². The van der Waals surface area contributed by atoms with E-state index in [1.807, 2.05) is 4.90 Å². The van der Waals surface area contributed by atoms with E-state index >= 15 is 0 Å². The largest absolute Gasteiger partial charge is 0.378 e. The highest BCUT2D eigenvalue weighted by molar-refractivity contribution is 9.10. The summed E-state index contributed by atoms with van der Waals surface area (Å²) >= 11 is 3.36. The second kappa shape index (κ2) is 7.67. The van der Waals surface area contributed by atoms with Gasteiger partial charge in [0.25, 0.3) is 0 Å². The first kappa shape index (κ1) is 16.1. The Morgan fingerprint density at radius 2 is 2.19 bits per heavy atom. The van der Waals surface area contributed by atoms with Crippen molar-refractivity contribution >= 4 is 27.3 Å². The molecule has 1 aromatic heterocycles. The highest BCUT2D eigenvalue weighted by Crippen LogP contribution is 2.36. The minimum absolute atomic E-state index is 0.0341. The van der Waals surface area contributed by atoms with Gasteiger partial charge >= 0.3 is 5.69 Å². The topological polar surface area (TPSA) is 94.5 Å². The van der Waals surface area contributed by atoms with Gasteiger partial charge in [-0.3, -0.25) is 15.1 Å². The van der Waals surface area contributed by atoms with Crippen LogP contribution in [0, 0.1) is 10.1 Å². The zero-order valence-electron chi connectivity index (χ0n) is 11.7. The van der Waals surface area contributed by atoms with Gasteiger partial charge in [-0.25, -0.2) is 0 Å². The molecule has 0 saturated carbocycles. The first-order chi connectivity index (χ1) is 10.1. The van der Waals surface area contributed by atoms with Crippen LogP contribution in [-0.2, 0) is 4.74 Å². The highest BCUT2D eigenvalue weighted by atomic mass is 79.9. The van der Waals surface area contributed by atoms with Gasteiger partial charge in [-0.05, 0) is 41.7 Å². The zero-order valence-corrected chi connectivity index (χ0v) is 13.3. The van der Waals surface area contributed by atoms with Gasteiger partial charge in [0, 0.05) is 25.9 Å². The Kier molecular flexibility index (Phi) is 5.89. The SMILES string of the molecule is NCCCOC1CCN(c2c(Br)cncc2[N+](=O)[O-])CC1. The maximum Gasteiger partial charge on any atom is 0.311 e.